The lowest BCUT2D eigenvalue weighted by Crippen LogP contribution is -2.51. The highest BCUT2D eigenvalue weighted by atomic mass is 16.2. The molecule has 0 aliphatic carbocycles. The fourth-order valence-electron chi connectivity index (χ4n) is 5.62. The van der Waals surface area contributed by atoms with Crippen molar-refractivity contribution < 1.29 is 9.59 Å². The van der Waals surface area contributed by atoms with E-state index in [9.17, 15) is 9.59 Å². The van der Waals surface area contributed by atoms with Gasteiger partial charge in [-0.15, -0.1) is 0 Å². The molecule has 37 heavy (non-hydrogen) atoms. The fourth-order valence-corrected chi connectivity index (χ4v) is 5.62. The largest absolute Gasteiger partial charge is 0.368 e. The number of amides is 2. The number of carbonyl (C=O) groups excluding carboxylic acids is 2. The monoisotopic (exact) mass is 496 g/mol. The quantitative estimate of drug-likeness (QED) is 0.477. The minimum absolute atomic E-state index is 0.0284. The van der Waals surface area contributed by atoms with Crippen molar-refractivity contribution in [2.75, 3.05) is 37.6 Å². The first-order valence-corrected chi connectivity index (χ1v) is 13.4. The van der Waals surface area contributed by atoms with Gasteiger partial charge in [0.1, 0.15) is 6.04 Å². The molecule has 2 aliphatic heterocycles. The number of primary amides is 1. The maximum atomic E-state index is 13.0. The van der Waals surface area contributed by atoms with Crippen LogP contribution in [0.5, 0.6) is 0 Å². The molecular formula is C31H36N4O2. The topological polar surface area (TPSA) is 69.9 Å². The fraction of sp³-hybridized carbons (Fsp3) is 0.355. The molecule has 0 unspecified atom stereocenters. The molecule has 3 aromatic rings. The van der Waals surface area contributed by atoms with E-state index in [-0.39, 0.29) is 5.91 Å². The van der Waals surface area contributed by atoms with Crippen LogP contribution in [0, 0.1) is 0 Å². The molecule has 2 amide bonds. The van der Waals surface area contributed by atoms with Crippen LogP contribution in [0.3, 0.4) is 0 Å². The van der Waals surface area contributed by atoms with Gasteiger partial charge >= 0.3 is 0 Å². The smallest absolute Gasteiger partial charge is 0.240 e. The molecular weight excluding hydrogens is 460 g/mol. The Hall–Kier alpha value is -3.64. The molecule has 0 bridgehead atoms. The molecule has 3 aromatic carbocycles. The van der Waals surface area contributed by atoms with E-state index in [1.807, 2.05) is 24.3 Å². The Balaban J connectivity index is 1.09. The van der Waals surface area contributed by atoms with Crippen molar-refractivity contribution in [2.45, 2.75) is 38.3 Å². The lowest BCUT2D eigenvalue weighted by molar-refractivity contribution is -0.140. The molecule has 1 saturated heterocycles. The number of hydrogen-bond acceptors (Lipinski definition) is 4. The zero-order valence-electron chi connectivity index (χ0n) is 21.4. The Morgan fingerprint density at radius 3 is 2.22 bits per heavy atom. The van der Waals surface area contributed by atoms with Gasteiger partial charge in [0.2, 0.25) is 11.8 Å². The summed E-state index contributed by atoms with van der Waals surface area (Å²) in [5, 5.41) is 0. The van der Waals surface area contributed by atoms with E-state index >= 15 is 0 Å². The van der Waals surface area contributed by atoms with Crippen molar-refractivity contribution in [1.82, 2.24) is 9.80 Å². The second-order valence-corrected chi connectivity index (χ2v) is 10.1. The molecule has 0 radical (unpaired) electrons. The molecule has 0 saturated carbocycles. The summed E-state index contributed by atoms with van der Waals surface area (Å²) >= 11 is 0. The number of piperazine rings is 1. The number of rotatable bonds is 8. The van der Waals surface area contributed by atoms with E-state index in [4.69, 9.17) is 5.73 Å². The number of benzene rings is 3. The summed E-state index contributed by atoms with van der Waals surface area (Å²) in [6.45, 7) is 5.48. The van der Waals surface area contributed by atoms with Crippen molar-refractivity contribution in [3.05, 3.63) is 90.0 Å². The van der Waals surface area contributed by atoms with Crippen LogP contribution in [0.15, 0.2) is 78.9 Å². The van der Waals surface area contributed by atoms with Crippen LogP contribution in [0.4, 0.5) is 5.69 Å². The number of fused-ring (bicyclic) bond motifs is 1. The second-order valence-electron chi connectivity index (χ2n) is 10.1. The summed E-state index contributed by atoms with van der Waals surface area (Å²) in [5.41, 5.74) is 11.7. The van der Waals surface area contributed by atoms with E-state index in [2.05, 4.69) is 64.4 Å². The van der Waals surface area contributed by atoms with Gasteiger partial charge in [0.25, 0.3) is 0 Å². The minimum atomic E-state index is -0.547. The molecule has 0 spiro atoms. The summed E-state index contributed by atoms with van der Waals surface area (Å²) in [6, 6.07) is 26.7. The zero-order chi connectivity index (χ0) is 25.6. The predicted octanol–water partition coefficient (Wildman–Crippen LogP) is 4.08. The molecule has 192 valence electrons. The van der Waals surface area contributed by atoms with Crippen LogP contribution in [-0.4, -0.2) is 60.4 Å². The van der Waals surface area contributed by atoms with Crippen LogP contribution in [0.2, 0.25) is 0 Å². The number of carbonyl (C=O) groups is 2. The molecule has 0 aromatic heterocycles. The average molecular weight is 497 g/mol. The zero-order valence-corrected chi connectivity index (χ0v) is 21.4. The van der Waals surface area contributed by atoms with E-state index in [0.717, 1.165) is 56.7 Å². The Morgan fingerprint density at radius 2 is 1.46 bits per heavy atom. The molecule has 1 atom stereocenters. The second kappa shape index (κ2) is 11.6. The normalized spacial score (nSPS) is 17.9. The maximum Gasteiger partial charge on any atom is 0.240 e. The van der Waals surface area contributed by atoms with Gasteiger partial charge in [0.05, 0.1) is 0 Å². The molecule has 2 aliphatic rings. The summed E-state index contributed by atoms with van der Waals surface area (Å²) in [4.78, 5) is 31.8. The molecule has 2 heterocycles. The number of nitrogens with two attached hydrogens (primary N) is 1. The van der Waals surface area contributed by atoms with E-state index in [1.165, 1.54) is 16.8 Å². The molecule has 6 nitrogen and oxygen atoms in total. The summed E-state index contributed by atoms with van der Waals surface area (Å²) in [6.07, 6.45) is 2.75. The first-order valence-electron chi connectivity index (χ1n) is 13.4. The van der Waals surface area contributed by atoms with E-state index in [1.54, 1.807) is 4.90 Å². The number of para-hydroxylation sites is 1. The molecule has 5 rings (SSSR count). The van der Waals surface area contributed by atoms with Crippen LogP contribution < -0.4 is 10.6 Å². The molecule has 6 heteroatoms. The van der Waals surface area contributed by atoms with Crippen LogP contribution in [-0.2, 0) is 22.6 Å². The van der Waals surface area contributed by atoms with Gasteiger partial charge in [-0.1, -0.05) is 72.8 Å². The average Bonchev–Trinajstić information content (AvgIpc) is 2.95. The summed E-state index contributed by atoms with van der Waals surface area (Å²) in [5.74, 6) is -0.393. The third kappa shape index (κ3) is 5.86. The number of nitrogens with zero attached hydrogens (tertiary/aromatic N) is 3. The van der Waals surface area contributed by atoms with E-state index in [0.29, 0.717) is 19.4 Å². The van der Waals surface area contributed by atoms with Crippen molar-refractivity contribution in [1.29, 1.82) is 0 Å². The molecule has 2 N–H and O–H groups in total. The summed E-state index contributed by atoms with van der Waals surface area (Å²) < 4.78 is 0. The van der Waals surface area contributed by atoms with Gasteiger partial charge in [-0.05, 0) is 42.1 Å². The lowest BCUT2D eigenvalue weighted by Gasteiger charge is -2.37. The third-order valence-corrected chi connectivity index (χ3v) is 7.71. The Bertz CT molecular complexity index is 1220. The Kier molecular flexibility index (Phi) is 7.85. The van der Waals surface area contributed by atoms with Gasteiger partial charge in [-0.3, -0.25) is 14.5 Å². The van der Waals surface area contributed by atoms with Gasteiger partial charge in [0.15, 0.2) is 0 Å². The molecule has 1 fully saturated rings. The lowest BCUT2D eigenvalue weighted by atomic mass is 9.93. The van der Waals surface area contributed by atoms with Gasteiger partial charge in [-0.25, -0.2) is 0 Å². The minimum Gasteiger partial charge on any atom is -0.368 e. The third-order valence-electron chi connectivity index (χ3n) is 7.71. The first kappa shape index (κ1) is 25.0. The Morgan fingerprint density at radius 1 is 0.784 bits per heavy atom. The number of unbranched alkanes of at least 4 members (excludes halogenated alkanes) is 1. The highest BCUT2D eigenvalue weighted by molar-refractivity contribution is 5.87. The highest BCUT2D eigenvalue weighted by Gasteiger charge is 2.32. The predicted molar refractivity (Wildman–Crippen MR) is 148 cm³/mol. The van der Waals surface area contributed by atoms with Crippen LogP contribution in [0.25, 0.3) is 11.1 Å². The van der Waals surface area contributed by atoms with E-state index < -0.39 is 11.9 Å². The standard InChI is InChI=1S/C31H36N4O2/c32-31(37)29-22-25-12-4-5-13-26(25)23-35(29)30(36)16-8-9-17-33-18-20-34(21-19-33)28-15-7-6-14-27(28)24-10-2-1-3-11-24/h1-7,10-15,29H,8-9,16-23H2,(H2,32,37)/t29-/m0/s1. The highest BCUT2D eigenvalue weighted by Crippen LogP contribution is 2.31. The first-order chi connectivity index (χ1) is 18.1. The number of anilines is 1. The van der Waals surface area contributed by atoms with Crippen molar-refractivity contribution in [3.63, 3.8) is 0 Å². The Labute approximate surface area is 219 Å². The van der Waals surface area contributed by atoms with Crippen LogP contribution in [0.1, 0.15) is 30.4 Å². The van der Waals surface area contributed by atoms with Gasteiger partial charge in [0, 0.05) is 56.8 Å². The van der Waals surface area contributed by atoms with Crippen molar-refractivity contribution in [3.8, 4) is 11.1 Å². The van der Waals surface area contributed by atoms with Crippen molar-refractivity contribution in [2.24, 2.45) is 5.73 Å². The SMILES string of the molecule is NC(=O)[C@@H]1Cc2ccccc2CN1C(=O)CCCCN1CCN(c2ccccc2-c2ccccc2)CC1. The van der Waals surface area contributed by atoms with Crippen molar-refractivity contribution >= 4 is 17.5 Å². The van der Waals surface area contributed by atoms with Gasteiger partial charge in [-0.2, -0.15) is 0 Å². The number of hydrogen-bond donors (Lipinski definition) is 1. The van der Waals surface area contributed by atoms with Crippen LogP contribution >= 0.6 is 0 Å². The maximum absolute atomic E-state index is 13.0. The summed E-state index contributed by atoms with van der Waals surface area (Å²) in [7, 11) is 0. The van der Waals surface area contributed by atoms with Gasteiger partial charge < -0.3 is 15.5 Å².